The predicted octanol–water partition coefficient (Wildman–Crippen LogP) is 2.69. The van der Waals surface area contributed by atoms with Crippen molar-refractivity contribution in [1.82, 2.24) is 0 Å². The number of hydrogen-bond acceptors (Lipinski definition) is 2. The van der Waals surface area contributed by atoms with Gasteiger partial charge in [-0.3, -0.25) is 0 Å². The van der Waals surface area contributed by atoms with Crippen molar-refractivity contribution >= 4 is 5.97 Å². The van der Waals surface area contributed by atoms with Gasteiger partial charge in [0.05, 0.1) is 7.11 Å². The highest BCUT2D eigenvalue weighted by atomic mass is 16.5. The molecule has 0 radical (unpaired) electrons. The second-order valence-electron chi connectivity index (χ2n) is 3.75. The van der Waals surface area contributed by atoms with Gasteiger partial charge in [0.15, 0.2) is 0 Å². The zero-order valence-electron chi connectivity index (χ0n) is 8.51. The Morgan fingerprint density at radius 3 is 2.46 bits per heavy atom. The highest BCUT2D eigenvalue weighted by molar-refractivity contribution is 5.82. The Labute approximate surface area is 80.0 Å². The highest BCUT2D eigenvalue weighted by Gasteiger charge is 2.15. The molecule has 0 aromatic carbocycles. The van der Waals surface area contributed by atoms with E-state index in [2.05, 4.69) is 4.74 Å². The maximum absolute atomic E-state index is 11.0. The molecule has 1 aliphatic carbocycles. The van der Waals surface area contributed by atoms with Crippen LogP contribution in [0.3, 0.4) is 0 Å². The second-order valence-corrected chi connectivity index (χ2v) is 3.75. The summed E-state index contributed by atoms with van der Waals surface area (Å²) in [6, 6.07) is 0. The average molecular weight is 182 g/mol. The molecule has 1 rings (SSSR count). The molecular weight excluding hydrogens is 164 g/mol. The monoisotopic (exact) mass is 182 g/mol. The number of ether oxygens (including phenoxy) is 1. The molecule has 0 unspecified atom stereocenters. The minimum Gasteiger partial charge on any atom is -0.466 e. The maximum Gasteiger partial charge on any atom is 0.330 e. The SMILES string of the molecule is COC(=O)/C=C(/C)C1CCCCC1. The third-order valence-electron chi connectivity index (χ3n) is 2.80. The lowest BCUT2D eigenvalue weighted by Gasteiger charge is -2.21. The Bertz CT molecular complexity index is 200. The number of methoxy groups -OCH3 is 1. The molecule has 0 heterocycles. The second kappa shape index (κ2) is 5.05. The van der Waals surface area contributed by atoms with Crippen LogP contribution in [0.15, 0.2) is 11.6 Å². The van der Waals surface area contributed by atoms with Crippen LogP contribution in [0, 0.1) is 5.92 Å². The summed E-state index contributed by atoms with van der Waals surface area (Å²) in [5.41, 5.74) is 1.19. The Balaban J connectivity index is 2.49. The summed E-state index contributed by atoms with van der Waals surface area (Å²) in [7, 11) is 1.42. The van der Waals surface area contributed by atoms with E-state index in [0.29, 0.717) is 5.92 Å². The molecule has 0 bridgehead atoms. The van der Waals surface area contributed by atoms with Crippen LogP contribution in [0.2, 0.25) is 0 Å². The van der Waals surface area contributed by atoms with Crippen LogP contribution in [0.25, 0.3) is 0 Å². The molecule has 2 nitrogen and oxygen atoms in total. The lowest BCUT2D eigenvalue weighted by atomic mass is 9.84. The molecule has 2 heteroatoms. The van der Waals surface area contributed by atoms with Gasteiger partial charge in [0.2, 0.25) is 0 Å². The molecule has 0 spiro atoms. The highest BCUT2D eigenvalue weighted by Crippen LogP contribution is 2.29. The van der Waals surface area contributed by atoms with E-state index in [9.17, 15) is 4.79 Å². The number of esters is 1. The van der Waals surface area contributed by atoms with Gasteiger partial charge in [-0.25, -0.2) is 4.79 Å². The fourth-order valence-electron chi connectivity index (χ4n) is 1.92. The quantitative estimate of drug-likeness (QED) is 0.485. The number of allylic oxidation sites excluding steroid dienone is 1. The summed E-state index contributed by atoms with van der Waals surface area (Å²) < 4.78 is 4.60. The van der Waals surface area contributed by atoms with E-state index >= 15 is 0 Å². The van der Waals surface area contributed by atoms with Gasteiger partial charge in [0.1, 0.15) is 0 Å². The first kappa shape index (κ1) is 10.3. The minimum absolute atomic E-state index is 0.219. The third kappa shape index (κ3) is 3.21. The Kier molecular flexibility index (Phi) is 4.00. The summed E-state index contributed by atoms with van der Waals surface area (Å²) in [4.78, 5) is 11.0. The zero-order valence-corrected chi connectivity index (χ0v) is 8.51. The first-order chi connectivity index (χ1) is 6.24. The Hall–Kier alpha value is -0.790. The van der Waals surface area contributed by atoms with Gasteiger partial charge in [0.25, 0.3) is 0 Å². The van der Waals surface area contributed by atoms with E-state index in [0.717, 1.165) is 0 Å². The fourth-order valence-corrected chi connectivity index (χ4v) is 1.92. The van der Waals surface area contributed by atoms with Crippen molar-refractivity contribution in [2.24, 2.45) is 5.92 Å². The lowest BCUT2D eigenvalue weighted by molar-refractivity contribution is -0.134. The number of carbonyl (C=O) groups excluding carboxylic acids is 1. The molecule has 0 amide bonds. The maximum atomic E-state index is 11.0. The van der Waals surface area contributed by atoms with E-state index < -0.39 is 0 Å². The van der Waals surface area contributed by atoms with Crippen molar-refractivity contribution < 1.29 is 9.53 Å². The van der Waals surface area contributed by atoms with Crippen LogP contribution < -0.4 is 0 Å². The van der Waals surface area contributed by atoms with Crippen LogP contribution in [0.4, 0.5) is 0 Å². The Morgan fingerprint density at radius 1 is 1.31 bits per heavy atom. The first-order valence-corrected chi connectivity index (χ1v) is 5.00. The van der Waals surface area contributed by atoms with Crippen molar-refractivity contribution in [3.05, 3.63) is 11.6 Å². The topological polar surface area (TPSA) is 26.3 Å². The van der Waals surface area contributed by atoms with Crippen molar-refractivity contribution in [2.75, 3.05) is 7.11 Å². The molecule has 0 aromatic heterocycles. The summed E-state index contributed by atoms with van der Waals surface area (Å²) in [6.45, 7) is 2.03. The molecule has 1 fully saturated rings. The molecule has 1 aliphatic rings. The number of carbonyl (C=O) groups is 1. The van der Waals surface area contributed by atoms with Crippen molar-refractivity contribution in [1.29, 1.82) is 0 Å². The summed E-state index contributed by atoms with van der Waals surface area (Å²) in [5, 5.41) is 0. The van der Waals surface area contributed by atoms with E-state index in [4.69, 9.17) is 0 Å². The van der Waals surface area contributed by atoms with Gasteiger partial charge in [-0.2, -0.15) is 0 Å². The molecule has 74 valence electrons. The van der Waals surface area contributed by atoms with Crippen molar-refractivity contribution in [3.8, 4) is 0 Å². The third-order valence-corrected chi connectivity index (χ3v) is 2.80. The summed E-state index contributed by atoms with van der Waals surface area (Å²) >= 11 is 0. The predicted molar refractivity (Wildman–Crippen MR) is 52.3 cm³/mol. The molecule has 0 N–H and O–H groups in total. The number of rotatable bonds is 2. The van der Waals surface area contributed by atoms with Crippen molar-refractivity contribution in [2.45, 2.75) is 39.0 Å². The van der Waals surface area contributed by atoms with Gasteiger partial charge in [-0.15, -0.1) is 0 Å². The van der Waals surface area contributed by atoms with E-state index in [-0.39, 0.29) is 5.97 Å². The van der Waals surface area contributed by atoms with Gasteiger partial charge < -0.3 is 4.74 Å². The summed E-state index contributed by atoms with van der Waals surface area (Å²) in [6.07, 6.45) is 8.06. The van der Waals surface area contributed by atoms with E-state index in [1.165, 1.54) is 44.8 Å². The Morgan fingerprint density at radius 2 is 1.92 bits per heavy atom. The lowest BCUT2D eigenvalue weighted by Crippen LogP contribution is -2.09. The molecule has 0 aromatic rings. The largest absolute Gasteiger partial charge is 0.466 e. The van der Waals surface area contributed by atoms with Gasteiger partial charge in [0, 0.05) is 6.08 Å². The molecule has 0 aliphatic heterocycles. The van der Waals surface area contributed by atoms with Crippen LogP contribution in [-0.4, -0.2) is 13.1 Å². The van der Waals surface area contributed by atoms with Gasteiger partial charge in [-0.05, 0) is 25.7 Å². The molecular formula is C11H18O2. The molecule has 13 heavy (non-hydrogen) atoms. The molecule has 1 saturated carbocycles. The van der Waals surface area contributed by atoms with Crippen molar-refractivity contribution in [3.63, 3.8) is 0 Å². The van der Waals surface area contributed by atoms with Gasteiger partial charge >= 0.3 is 5.97 Å². The van der Waals surface area contributed by atoms with Crippen LogP contribution >= 0.6 is 0 Å². The normalized spacial score (nSPS) is 20.0. The average Bonchev–Trinajstić information content (AvgIpc) is 2.19. The van der Waals surface area contributed by atoms with Crippen LogP contribution in [-0.2, 0) is 9.53 Å². The zero-order chi connectivity index (χ0) is 9.68. The molecule has 0 atom stereocenters. The van der Waals surface area contributed by atoms with E-state index in [1.807, 2.05) is 6.92 Å². The minimum atomic E-state index is -0.219. The van der Waals surface area contributed by atoms with E-state index in [1.54, 1.807) is 6.08 Å². The standard InChI is InChI=1S/C11H18O2/c1-9(8-11(12)13-2)10-6-4-3-5-7-10/h8,10H,3-7H2,1-2H3/b9-8-. The van der Waals surface area contributed by atoms with Gasteiger partial charge in [-0.1, -0.05) is 24.8 Å². The van der Waals surface area contributed by atoms with Crippen LogP contribution in [0.5, 0.6) is 0 Å². The smallest absolute Gasteiger partial charge is 0.330 e. The summed E-state index contributed by atoms with van der Waals surface area (Å²) in [5.74, 6) is 0.399. The number of hydrogen-bond donors (Lipinski definition) is 0. The fraction of sp³-hybridized carbons (Fsp3) is 0.727. The first-order valence-electron chi connectivity index (χ1n) is 5.00. The molecule has 0 saturated heterocycles. The van der Waals surface area contributed by atoms with Crippen LogP contribution in [0.1, 0.15) is 39.0 Å².